The molecule has 0 radical (unpaired) electrons. The van der Waals surface area contributed by atoms with Crippen molar-refractivity contribution in [3.8, 4) is 0 Å². The summed E-state index contributed by atoms with van der Waals surface area (Å²) in [4.78, 5) is 4.67. The summed E-state index contributed by atoms with van der Waals surface area (Å²) >= 11 is 1.70. The van der Waals surface area contributed by atoms with E-state index in [4.69, 9.17) is 4.74 Å². The molecule has 1 fully saturated rings. The molecule has 1 saturated heterocycles. The van der Waals surface area contributed by atoms with Gasteiger partial charge < -0.3 is 10.1 Å². The van der Waals surface area contributed by atoms with Gasteiger partial charge in [-0.1, -0.05) is 30.3 Å². The lowest BCUT2D eigenvalue weighted by atomic mass is 10.1. The molecule has 2 aromatic rings. The third-order valence-corrected chi connectivity index (χ3v) is 4.15. The first kappa shape index (κ1) is 12.6. The lowest BCUT2D eigenvalue weighted by Crippen LogP contribution is -2.27. The monoisotopic (exact) mass is 274 g/mol. The van der Waals surface area contributed by atoms with Gasteiger partial charge in [0.25, 0.3) is 0 Å². The van der Waals surface area contributed by atoms with Gasteiger partial charge in [-0.15, -0.1) is 11.3 Å². The molecule has 3 rings (SSSR count). The Hall–Kier alpha value is -1.39. The van der Waals surface area contributed by atoms with Crippen molar-refractivity contribution in [1.29, 1.82) is 0 Å². The molecular weight excluding hydrogens is 256 g/mol. The molecule has 0 spiro atoms. The van der Waals surface area contributed by atoms with Gasteiger partial charge in [-0.05, 0) is 18.4 Å². The van der Waals surface area contributed by atoms with Crippen LogP contribution in [-0.2, 0) is 11.2 Å². The second-order valence-corrected chi connectivity index (χ2v) is 5.70. The maximum absolute atomic E-state index is 5.36. The molecule has 0 saturated carbocycles. The summed E-state index contributed by atoms with van der Waals surface area (Å²) < 4.78 is 5.36. The first-order valence-corrected chi connectivity index (χ1v) is 7.61. The van der Waals surface area contributed by atoms with E-state index in [2.05, 4.69) is 39.9 Å². The molecule has 3 nitrogen and oxygen atoms in total. The number of nitrogens with zero attached hydrogens (tertiary/aromatic N) is 1. The molecule has 100 valence electrons. The molecule has 0 unspecified atom stereocenters. The molecule has 1 aromatic carbocycles. The fraction of sp³-hybridized carbons (Fsp3) is 0.400. The van der Waals surface area contributed by atoms with E-state index in [0.717, 1.165) is 43.3 Å². The minimum atomic E-state index is 0.518. The Bertz CT molecular complexity index is 506. The third-order valence-electron chi connectivity index (χ3n) is 3.33. The number of benzene rings is 1. The molecule has 0 bridgehead atoms. The lowest BCUT2D eigenvalue weighted by Gasteiger charge is -2.22. The second-order valence-electron chi connectivity index (χ2n) is 4.84. The van der Waals surface area contributed by atoms with E-state index in [1.807, 2.05) is 6.07 Å². The van der Waals surface area contributed by atoms with Gasteiger partial charge >= 0.3 is 0 Å². The fourth-order valence-corrected chi connectivity index (χ4v) is 3.06. The summed E-state index contributed by atoms with van der Waals surface area (Å²) in [5.74, 6) is 0. The van der Waals surface area contributed by atoms with Crippen molar-refractivity contribution in [1.82, 2.24) is 4.98 Å². The van der Waals surface area contributed by atoms with Crippen LogP contribution in [0.4, 0.5) is 5.13 Å². The van der Waals surface area contributed by atoms with Gasteiger partial charge in [0.2, 0.25) is 0 Å². The SMILES string of the molecule is c1ccc(Cc2csc(NC3CCOCC3)n2)cc1. The predicted octanol–water partition coefficient (Wildman–Crippen LogP) is 3.32. The molecule has 4 heteroatoms. The number of hydrogen-bond acceptors (Lipinski definition) is 4. The van der Waals surface area contributed by atoms with Gasteiger partial charge in [0.05, 0.1) is 5.69 Å². The van der Waals surface area contributed by atoms with Crippen molar-refractivity contribution in [3.63, 3.8) is 0 Å². The lowest BCUT2D eigenvalue weighted by molar-refractivity contribution is 0.0904. The highest BCUT2D eigenvalue weighted by Crippen LogP contribution is 2.21. The molecule has 1 N–H and O–H groups in total. The number of thiazole rings is 1. The van der Waals surface area contributed by atoms with Gasteiger partial charge in [-0.2, -0.15) is 0 Å². The van der Waals surface area contributed by atoms with E-state index >= 15 is 0 Å². The minimum absolute atomic E-state index is 0.518. The third kappa shape index (κ3) is 3.55. The molecule has 1 aliphatic rings. The number of ether oxygens (including phenoxy) is 1. The van der Waals surface area contributed by atoms with E-state index in [-0.39, 0.29) is 0 Å². The molecule has 0 amide bonds. The van der Waals surface area contributed by atoms with Gasteiger partial charge in [0.1, 0.15) is 0 Å². The molecule has 0 atom stereocenters. The van der Waals surface area contributed by atoms with Crippen molar-refractivity contribution >= 4 is 16.5 Å². The van der Waals surface area contributed by atoms with Crippen molar-refractivity contribution in [2.45, 2.75) is 25.3 Å². The van der Waals surface area contributed by atoms with Crippen molar-refractivity contribution in [2.75, 3.05) is 18.5 Å². The molecular formula is C15H18N2OS. The Morgan fingerprint density at radius 3 is 2.79 bits per heavy atom. The maximum Gasteiger partial charge on any atom is 0.183 e. The zero-order chi connectivity index (χ0) is 12.9. The van der Waals surface area contributed by atoms with Crippen molar-refractivity contribution in [2.24, 2.45) is 0 Å². The molecule has 0 aliphatic carbocycles. The highest BCUT2D eigenvalue weighted by molar-refractivity contribution is 7.13. The van der Waals surface area contributed by atoms with Gasteiger partial charge in [-0.25, -0.2) is 4.98 Å². The number of anilines is 1. The normalized spacial score (nSPS) is 16.4. The van der Waals surface area contributed by atoms with Crippen molar-refractivity contribution < 1.29 is 4.74 Å². The van der Waals surface area contributed by atoms with E-state index in [1.54, 1.807) is 11.3 Å². The average Bonchev–Trinajstić information content (AvgIpc) is 2.88. The van der Waals surface area contributed by atoms with Crippen LogP contribution in [0.1, 0.15) is 24.1 Å². The van der Waals surface area contributed by atoms with Crippen LogP contribution in [0.3, 0.4) is 0 Å². The topological polar surface area (TPSA) is 34.1 Å². The smallest absolute Gasteiger partial charge is 0.183 e. The van der Waals surface area contributed by atoms with Crippen molar-refractivity contribution in [3.05, 3.63) is 47.0 Å². The van der Waals surface area contributed by atoms with Crippen LogP contribution in [0.5, 0.6) is 0 Å². The number of hydrogen-bond donors (Lipinski definition) is 1. The Morgan fingerprint density at radius 2 is 2.00 bits per heavy atom. The summed E-state index contributed by atoms with van der Waals surface area (Å²) in [7, 11) is 0. The fourth-order valence-electron chi connectivity index (χ4n) is 2.28. The average molecular weight is 274 g/mol. The minimum Gasteiger partial charge on any atom is -0.381 e. The first-order chi connectivity index (χ1) is 9.40. The Morgan fingerprint density at radius 1 is 1.21 bits per heavy atom. The van der Waals surface area contributed by atoms with Crippen LogP contribution in [-0.4, -0.2) is 24.2 Å². The van der Waals surface area contributed by atoms with E-state index < -0.39 is 0 Å². The molecule has 1 aliphatic heterocycles. The predicted molar refractivity (Wildman–Crippen MR) is 78.8 cm³/mol. The standard InChI is InChI=1S/C15H18N2OS/c1-2-4-12(5-3-1)10-14-11-19-15(17-14)16-13-6-8-18-9-7-13/h1-5,11,13H,6-10H2,(H,16,17). The van der Waals surface area contributed by atoms with E-state index in [1.165, 1.54) is 5.56 Å². The summed E-state index contributed by atoms with van der Waals surface area (Å²) in [6.45, 7) is 1.72. The zero-order valence-corrected chi connectivity index (χ0v) is 11.7. The van der Waals surface area contributed by atoms with Crippen LogP contribution >= 0.6 is 11.3 Å². The largest absolute Gasteiger partial charge is 0.381 e. The molecule has 1 aromatic heterocycles. The maximum atomic E-state index is 5.36. The number of aromatic nitrogens is 1. The van der Waals surface area contributed by atoms with Gasteiger partial charge in [0.15, 0.2) is 5.13 Å². The Kier molecular flexibility index (Phi) is 4.10. The number of nitrogens with one attached hydrogen (secondary N) is 1. The Balaban J connectivity index is 1.59. The van der Waals surface area contributed by atoms with Crippen LogP contribution in [0.15, 0.2) is 35.7 Å². The highest BCUT2D eigenvalue weighted by atomic mass is 32.1. The van der Waals surface area contributed by atoms with E-state index in [9.17, 15) is 0 Å². The summed E-state index contributed by atoms with van der Waals surface area (Å²) in [5.41, 5.74) is 2.45. The quantitative estimate of drug-likeness (QED) is 0.928. The molecule has 19 heavy (non-hydrogen) atoms. The number of rotatable bonds is 4. The van der Waals surface area contributed by atoms with Crippen LogP contribution in [0, 0.1) is 0 Å². The first-order valence-electron chi connectivity index (χ1n) is 6.73. The van der Waals surface area contributed by atoms with E-state index in [0.29, 0.717) is 6.04 Å². The van der Waals surface area contributed by atoms with Crippen LogP contribution in [0.2, 0.25) is 0 Å². The summed E-state index contributed by atoms with van der Waals surface area (Å²) in [6, 6.07) is 11.0. The highest BCUT2D eigenvalue weighted by Gasteiger charge is 2.14. The molecule has 2 heterocycles. The zero-order valence-electron chi connectivity index (χ0n) is 10.8. The van der Waals surface area contributed by atoms with Crippen LogP contribution < -0.4 is 5.32 Å². The second kappa shape index (κ2) is 6.17. The van der Waals surface area contributed by atoms with Gasteiger partial charge in [0, 0.05) is 31.1 Å². The summed E-state index contributed by atoms with van der Waals surface area (Å²) in [6.07, 6.45) is 3.06. The Labute approximate surface area is 117 Å². The van der Waals surface area contributed by atoms with Crippen LogP contribution in [0.25, 0.3) is 0 Å². The summed E-state index contributed by atoms with van der Waals surface area (Å²) in [5, 5.41) is 6.70. The van der Waals surface area contributed by atoms with Gasteiger partial charge in [-0.3, -0.25) is 0 Å².